The van der Waals surface area contributed by atoms with Gasteiger partial charge < -0.3 is 10.5 Å². The summed E-state index contributed by atoms with van der Waals surface area (Å²) >= 11 is 0. The Labute approximate surface area is 90.6 Å². The molecule has 3 heteroatoms. The molecule has 0 heterocycles. The number of nitrogens with two attached hydrogens (primary N) is 1. The zero-order chi connectivity index (χ0) is 11.7. The van der Waals surface area contributed by atoms with Crippen LogP contribution in [0.1, 0.15) is 12.0 Å². The van der Waals surface area contributed by atoms with Gasteiger partial charge in [0.25, 0.3) is 0 Å². The van der Waals surface area contributed by atoms with Crippen molar-refractivity contribution in [2.24, 2.45) is 0 Å². The molecular formula is C12H17NO2. The van der Waals surface area contributed by atoms with Crippen molar-refractivity contribution >= 4 is 11.7 Å². The summed E-state index contributed by atoms with van der Waals surface area (Å²) in [5.74, 6) is -0.183. The second kappa shape index (κ2) is 7.62. The van der Waals surface area contributed by atoms with Crippen molar-refractivity contribution in [3.8, 4) is 0 Å². The fourth-order valence-corrected chi connectivity index (χ4v) is 1.03. The first-order valence-electron chi connectivity index (χ1n) is 4.63. The molecule has 0 aliphatic carbocycles. The largest absolute Gasteiger partial charge is 0.469 e. The molecule has 82 valence electrons. The maximum absolute atomic E-state index is 10.8. The minimum Gasteiger partial charge on any atom is -0.469 e. The molecule has 0 fully saturated rings. The summed E-state index contributed by atoms with van der Waals surface area (Å²) in [4.78, 5) is 10.8. The third kappa shape index (κ3) is 5.52. The van der Waals surface area contributed by atoms with E-state index >= 15 is 0 Å². The second-order valence-corrected chi connectivity index (χ2v) is 2.82. The highest BCUT2D eigenvalue weighted by atomic mass is 16.5. The van der Waals surface area contributed by atoms with Gasteiger partial charge in [0, 0.05) is 12.1 Å². The van der Waals surface area contributed by atoms with E-state index < -0.39 is 0 Å². The minimum absolute atomic E-state index is 0.183. The molecule has 0 amide bonds. The standard InChI is InChI=1S/C10H13NO2.C2H4/c1-13-10(12)7-4-8-2-5-9(11)6-3-8;1-2/h2-3,5-6H,4,7,11H2,1H3;1-2H2. The van der Waals surface area contributed by atoms with E-state index in [1.807, 2.05) is 24.3 Å². The van der Waals surface area contributed by atoms with Gasteiger partial charge in [-0.3, -0.25) is 4.79 Å². The van der Waals surface area contributed by atoms with Gasteiger partial charge >= 0.3 is 5.97 Å². The fourth-order valence-electron chi connectivity index (χ4n) is 1.03. The van der Waals surface area contributed by atoms with Gasteiger partial charge in [0.1, 0.15) is 0 Å². The number of hydrogen-bond donors (Lipinski definition) is 1. The van der Waals surface area contributed by atoms with Gasteiger partial charge in [0.2, 0.25) is 0 Å². The Morgan fingerprint density at radius 3 is 2.33 bits per heavy atom. The highest BCUT2D eigenvalue weighted by molar-refractivity contribution is 5.69. The Hall–Kier alpha value is -1.77. The van der Waals surface area contributed by atoms with Crippen LogP contribution < -0.4 is 5.73 Å². The van der Waals surface area contributed by atoms with Crippen LogP contribution in [-0.4, -0.2) is 13.1 Å². The van der Waals surface area contributed by atoms with Crippen LogP contribution >= 0.6 is 0 Å². The van der Waals surface area contributed by atoms with Crippen molar-refractivity contribution in [1.82, 2.24) is 0 Å². The second-order valence-electron chi connectivity index (χ2n) is 2.82. The molecular weight excluding hydrogens is 190 g/mol. The van der Waals surface area contributed by atoms with Gasteiger partial charge in [0.15, 0.2) is 0 Å². The molecule has 0 atom stereocenters. The summed E-state index contributed by atoms with van der Waals surface area (Å²) in [6.45, 7) is 6.00. The van der Waals surface area contributed by atoms with Crippen LogP contribution in [0.3, 0.4) is 0 Å². The van der Waals surface area contributed by atoms with E-state index in [-0.39, 0.29) is 5.97 Å². The van der Waals surface area contributed by atoms with Crippen molar-refractivity contribution in [2.45, 2.75) is 12.8 Å². The molecule has 0 spiro atoms. The molecule has 0 aromatic heterocycles. The average molecular weight is 207 g/mol. The summed E-state index contributed by atoms with van der Waals surface area (Å²) in [6, 6.07) is 7.48. The number of methoxy groups -OCH3 is 1. The molecule has 1 aromatic rings. The van der Waals surface area contributed by atoms with E-state index in [0.29, 0.717) is 12.8 Å². The number of benzene rings is 1. The lowest BCUT2D eigenvalue weighted by Gasteiger charge is -2.00. The zero-order valence-electron chi connectivity index (χ0n) is 9.03. The number of esters is 1. The first-order chi connectivity index (χ1) is 7.22. The molecule has 2 N–H and O–H groups in total. The van der Waals surface area contributed by atoms with Gasteiger partial charge in [-0.2, -0.15) is 0 Å². The molecule has 1 aromatic carbocycles. The van der Waals surface area contributed by atoms with Crippen LogP contribution in [0.2, 0.25) is 0 Å². The number of carbonyl (C=O) groups excluding carboxylic acids is 1. The minimum atomic E-state index is -0.183. The van der Waals surface area contributed by atoms with E-state index in [2.05, 4.69) is 17.9 Å². The molecule has 15 heavy (non-hydrogen) atoms. The highest BCUT2D eigenvalue weighted by Gasteiger charge is 2.00. The lowest BCUT2D eigenvalue weighted by molar-refractivity contribution is -0.140. The van der Waals surface area contributed by atoms with E-state index in [1.165, 1.54) is 7.11 Å². The predicted molar refractivity (Wildman–Crippen MR) is 62.4 cm³/mol. The molecule has 0 aliphatic heterocycles. The summed E-state index contributed by atoms with van der Waals surface area (Å²) in [5.41, 5.74) is 7.35. The molecule has 0 radical (unpaired) electrons. The van der Waals surface area contributed by atoms with Crippen molar-refractivity contribution in [1.29, 1.82) is 0 Å². The zero-order valence-corrected chi connectivity index (χ0v) is 9.03. The molecule has 0 saturated heterocycles. The van der Waals surface area contributed by atoms with Crippen LogP contribution in [0.4, 0.5) is 5.69 Å². The fraction of sp³-hybridized carbons (Fsp3) is 0.250. The van der Waals surface area contributed by atoms with Gasteiger partial charge in [-0.25, -0.2) is 0 Å². The van der Waals surface area contributed by atoms with Gasteiger partial charge in [-0.1, -0.05) is 12.1 Å². The lowest BCUT2D eigenvalue weighted by Crippen LogP contribution is -2.01. The Morgan fingerprint density at radius 2 is 1.87 bits per heavy atom. The number of rotatable bonds is 3. The monoisotopic (exact) mass is 207 g/mol. The van der Waals surface area contributed by atoms with Gasteiger partial charge in [-0.15, -0.1) is 13.2 Å². The Morgan fingerprint density at radius 1 is 1.33 bits per heavy atom. The van der Waals surface area contributed by atoms with Crippen LogP contribution in [0.15, 0.2) is 37.4 Å². The summed E-state index contributed by atoms with van der Waals surface area (Å²) in [5, 5.41) is 0. The van der Waals surface area contributed by atoms with E-state index in [4.69, 9.17) is 5.73 Å². The van der Waals surface area contributed by atoms with Gasteiger partial charge in [0.05, 0.1) is 7.11 Å². The first-order valence-corrected chi connectivity index (χ1v) is 4.63. The number of anilines is 1. The van der Waals surface area contributed by atoms with Crippen molar-refractivity contribution in [2.75, 3.05) is 12.8 Å². The van der Waals surface area contributed by atoms with Crippen molar-refractivity contribution < 1.29 is 9.53 Å². The van der Waals surface area contributed by atoms with Crippen LogP contribution in [0, 0.1) is 0 Å². The lowest BCUT2D eigenvalue weighted by atomic mass is 10.1. The SMILES string of the molecule is C=C.COC(=O)CCc1ccc(N)cc1. The van der Waals surface area contributed by atoms with Crippen LogP contribution in [0.5, 0.6) is 0 Å². The number of aryl methyl sites for hydroxylation is 1. The number of nitrogen functional groups attached to an aromatic ring is 1. The predicted octanol–water partition coefficient (Wildman–Crippen LogP) is 2.18. The molecule has 0 unspecified atom stereocenters. The van der Waals surface area contributed by atoms with Crippen LogP contribution in [-0.2, 0) is 16.0 Å². The molecule has 1 rings (SSSR count). The number of ether oxygens (including phenoxy) is 1. The topological polar surface area (TPSA) is 52.3 Å². The molecule has 0 aliphatic rings. The van der Waals surface area contributed by atoms with Gasteiger partial charge in [-0.05, 0) is 24.1 Å². The van der Waals surface area contributed by atoms with Crippen molar-refractivity contribution in [3.05, 3.63) is 43.0 Å². The Bertz CT molecular complexity index is 293. The summed E-state index contributed by atoms with van der Waals surface area (Å²) in [7, 11) is 1.39. The van der Waals surface area contributed by atoms with E-state index in [0.717, 1.165) is 11.3 Å². The maximum Gasteiger partial charge on any atom is 0.305 e. The highest BCUT2D eigenvalue weighted by Crippen LogP contribution is 2.07. The maximum atomic E-state index is 10.8. The quantitative estimate of drug-likeness (QED) is 0.469. The first kappa shape index (κ1) is 13.2. The number of hydrogen-bond acceptors (Lipinski definition) is 3. The smallest absolute Gasteiger partial charge is 0.305 e. The van der Waals surface area contributed by atoms with Crippen LogP contribution in [0.25, 0.3) is 0 Å². The molecule has 0 saturated carbocycles. The summed E-state index contributed by atoms with van der Waals surface area (Å²) < 4.78 is 4.53. The third-order valence-electron chi connectivity index (χ3n) is 1.83. The normalized spacial score (nSPS) is 8.60. The Kier molecular flexibility index (Phi) is 6.72. The van der Waals surface area contributed by atoms with E-state index in [1.54, 1.807) is 0 Å². The number of carbonyl (C=O) groups is 1. The molecule has 3 nitrogen and oxygen atoms in total. The van der Waals surface area contributed by atoms with E-state index in [9.17, 15) is 4.79 Å². The van der Waals surface area contributed by atoms with Crippen molar-refractivity contribution in [3.63, 3.8) is 0 Å². The molecule has 0 bridgehead atoms. The third-order valence-corrected chi connectivity index (χ3v) is 1.83. The average Bonchev–Trinajstić information content (AvgIpc) is 2.30. The Balaban J connectivity index is 0.000000921. The summed E-state index contributed by atoms with van der Waals surface area (Å²) in [6.07, 6.45) is 1.12.